The number of methoxy groups -OCH3 is 1. The zero-order valence-corrected chi connectivity index (χ0v) is 16.8. The fourth-order valence-electron chi connectivity index (χ4n) is 3.61. The molecule has 0 saturated heterocycles. The van der Waals surface area contributed by atoms with Gasteiger partial charge in [-0.3, -0.25) is 9.78 Å². The van der Waals surface area contributed by atoms with Crippen molar-refractivity contribution >= 4 is 15.7 Å². The first-order chi connectivity index (χ1) is 13.5. The molecule has 1 atom stereocenters. The molecule has 1 heterocycles. The molecule has 1 amide bonds. The van der Waals surface area contributed by atoms with Gasteiger partial charge in [-0.05, 0) is 48.7 Å². The number of hydrogen-bond donors (Lipinski definition) is 1. The smallest absolute Gasteiger partial charge is 0.223 e. The minimum atomic E-state index is -3.72. The number of amides is 1. The molecule has 28 heavy (non-hydrogen) atoms. The largest absolute Gasteiger partial charge is 0.497 e. The van der Waals surface area contributed by atoms with E-state index in [0.717, 1.165) is 32.1 Å². The Morgan fingerprint density at radius 3 is 2.50 bits per heavy atom. The van der Waals surface area contributed by atoms with Crippen LogP contribution in [0.25, 0.3) is 0 Å². The molecule has 3 rings (SSSR count). The third-order valence-corrected chi connectivity index (χ3v) is 7.37. The Labute approximate surface area is 166 Å². The van der Waals surface area contributed by atoms with Gasteiger partial charge in [0.25, 0.3) is 0 Å². The van der Waals surface area contributed by atoms with Crippen LogP contribution in [-0.4, -0.2) is 33.0 Å². The Balaban J connectivity index is 1.83. The van der Waals surface area contributed by atoms with Crippen LogP contribution in [0.5, 0.6) is 5.75 Å². The molecule has 1 fully saturated rings. The average Bonchev–Trinajstić information content (AvgIpc) is 2.75. The van der Waals surface area contributed by atoms with Crippen molar-refractivity contribution < 1.29 is 17.9 Å². The molecular weight excluding hydrogens is 376 g/mol. The van der Waals surface area contributed by atoms with Crippen LogP contribution in [0.4, 0.5) is 0 Å². The minimum absolute atomic E-state index is 0.0213. The summed E-state index contributed by atoms with van der Waals surface area (Å²) in [7, 11) is -2.19. The second kappa shape index (κ2) is 9.19. The van der Waals surface area contributed by atoms with Crippen LogP contribution < -0.4 is 10.1 Å². The topological polar surface area (TPSA) is 85.4 Å². The van der Waals surface area contributed by atoms with Crippen molar-refractivity contribution in [3.05, 3.63) is 54.4 Å². The van der Waals surface area contributed by atoms with E-state index in [1.807, 2.05) is 0 Å². The maximum absolute atomic E-state index is 13.3. The molecule has 0 aliphatic heterocycles. The molecule has 6 nitrogen and oxygen atoms in total. The van der Waals surface area contributed by atoms with Gasteiger partial charge in [-0.2, -0.15) is 0 Å². The second-order valence-electron chi connectivity index (χ2n) is 7.08. The number of carbonyl (C=O) groups is 1. The summed E-state index contributed by atoms with van der Waals surface area (Å²) in [6.45, 7) is 0.0232. The third kappa shape index (κ3) is 4.70. The highest BCUT2D eigenvalue weighted by Crippen LogP contribution is 2.30. The fourth-order valence-corrected chi connectivity index (χ4v) is 5.25. The molecule has 1 aliphatic rings. The standard InChI is InChI=1S/C21H26N2O4S/c1-27-18-9-11-19(12-10-18)28(25,26)20(17-8-5-13-22-14-17)15-23-21(24)16-6-3-2-4-7-16/h5,8-14,16,20H,2-4,6-7,15H2,1H3,(H,23,24)/t20-/m0/s1. The van der Waals surface area contributed by atoms with E-state index in [0.29, 0.717) is 11.3 Å². The minimum Gasteiger partial charge on any atom is -0.497 e. The van der Waals surface area contributed by atoms with Gasteiger partial charge < -0.3 is 10.1 Å². The number of rotatable bonds is 7. The summed E-state index contributed by atoms with van der Waals surface area (Å²) >= 11 is 0. The molecule has 1 aliphatic carbocycles. The lowest BCUT2D eigenvalue weighted by molar-refractivity contribution is -0.125. The van der Waals surface area contributed by atoms with Crippen LogP contribution in [0.3, 0.4) is 0 Å². The predicted molar refractivity (Wildman–Crippen MR) is 107 cm³/mol. The molecule has 0 spiro atoms. The van der Waals surface area contributed by atoms with Gasteiger partial charge in [-0.1, -0.05) is 25.3 Å². The van der Waals surface area contributed by atoms with Gasteiger partial charge in [0, 0.05) is 24.9 Å². The van der Waals surface area contributed by atoms with Gasteiger partial charge in [-0.25, -0.2) is 8.42 Å². The molecule has 0 bridgehead atoms. The van der Waals surface area contributed by atoms with Crippen molar-refractivity contribution in [3.8, 4) is 5.75 Å². The van der Waals surface area contributed by atoms with Gasteiger partial charge >= 0.3 is 0 Å². The maximum Gasteiger partial charge on any atom is 0.223 e. The summed E-state index contributed by atoms with van der Waals surface area (Å²) < 4.78 is 31.7. The van der Waals surface area contributed by atoms with E-state index in [-0.39, 0.29) is 23.3 Å². The maximum atomic E-state index is 13.3. The molecule has 1 N–H and O–H groups in total. The number of sulfone groups is 1. The first-order valence-corrected chi connectivity index (χ1v) is 11.1. The molecule has 1 aromatic carbocycles. The number of hydrogen-bond acceptors (Lipinski definition) is 5. The summed E-state index contributed by atoms with van der Waals surface area (Å²) in [6.07, 6.45) is 8.14. The zero-order valence-electron chi connectivity index (χ0n) is 16.0. The van der Waals surface area contributed by atoms with Gasteiger partial charge in [0.05, 0.1) is 12.0 Å². The molecule has 150 valence electrons. The molecule has 1 aromatic heterocycles. The van der Waals surface area contributed by atoms with Crippen LogP contribution in [0.15, 0.2) is 53.7 Å². The number of aromatic nitrogens is 1. The lowest BCUT2D eigenvalue weighted by Gasteiger charge is -2.23. The summed E-state index contributed by atoms with van der Waals surface area (Å²) in [6, 6.07) is 9.73. The molecular formula is C21H26N2O4S. The van der Waals surface area contributed by atoms with Gasteiger partial charge in [-0.15, -0.1) is 0 Å². The van der Waals surface area contributed by atoms with Crippen molar-refractivity contribution in [1.82, 2.24) is 10.3 Å². The Morgan fingerprint density at radius 2 is 1.89 bits per heavy atom. The van der Waals surface area contributed by atoms with E-state index in [1.54, 1.807) is 36.7 Å². The molecule has 0 unspecified atom stereocenters. The quantitative estimate of drug-likeness (QED) is 0.768. The van der Waals surface area contributed by atoms with Crippen LogP contribution in [0, 0.1) is 5.92 Å². The molecule has 7 heteroatoms. The van der Waals surface area contributed by atoms with E-state index in [9.17, 15) is 13.2 Å². The summed E-state index contributed by atoms with van der Waals surface area (Å²) in [5.41, 5.74) is 0.558. The van der Waals surface area contributed by atoms with Crippen molar-refractivity contribution in [2.24, 2.45) is 5.92 Å². The van der Waals surface area contributed by atoms with Crippen molar-refractivity contribution in [3.63, 3.8) is 0 Å². The molecule has 2 aromatic rings. The van der Waals surface area contributed by atoms with Crippen LogP contribution in [-0.2, 0) is 14.6 Å². The number of carbonyl (C=O) groups excluding carboxylic acids is 1. The zero-order chi connectivity index (χ0) is 20.0. The van der Waals surface area contributed by atoms with E-state index in [2.05, 4.69) is 10.3 Å². The van der Waals surface area contributed by atoms with Crippen molar-refractivity contribution in [1.29, 1.82) is 0 Å². The first-order valence-electron chi connectivity index (χ1n) is 9.58. The SMILES string of the molecule is COc1ccc(S(=O)(=O)[C@@H](CNC(=O)C2CCCCC2)c2cccnc2)cc1. The number of nitrogens with zero attached hydrogens (tertiary/aromatic N) is 1. The van der Waals surface area contributed by atoms with Gasteiger partial charge in [0.15, 0.2) is 9.84 Å². The monoisotopic (exact) mass is 402 g/mol. The van der Waals surface area contributed by atoms with E-state index < -0.39 is 15.1 Å². The Kier molecular flexibility index (Phi) is 6.67. The predicted octanol–water partition coefficient (Wildman–Crippen LogP) is 3.30. The highest BCUT2D eigenvalue weighted by atomic mass is 32.2. The second-order valence-corrected chi connectivity index (χ2v) is 9.21. The van der Waals surface area contributed by atoms with Crippen LogP contribution >= 0.6 is 0 Å². The number of pyridine rings is 1. The average molecular weight is 403 g/mol. The van der Waals surface area contributed by atoms with Gasteiger partial charge in [0.2, 0.25) is 5.91 Å². The summed E-state index contributed by atoms with van der Waals surface area (Å²) in [5.74, 6) is 0.507. The highest BCUT2D eigenvalue weighted by molar-refractivity contribution is 7.91. The third-order valence-electron chi connectivity index (χ3n) is 5.26. The Bertz CT molecular complexity index is 876. The fraction of sp³-hybridized carbons (Fsp3) is 0.429. The number of nitrogens with one attached hydrogen (secondary N) is 1. The van der Waals surface area contributed by atoms with E-state index in [4.69, 9.17) is 4.74 Å². The van der Waals surface area contributed by atoms with E-state index >= 15 is 0 Å². The van der Waals surface area contributed by atoms with E-state index in [1.165, 1.54) is 19.2 Å². The molecule has 1 saturated carbocycles. The lowest BCUT2D eigenvalue weighted by atomic mass is 9.88. The molecule has 0 radical (unpaired) electrons. The van der Waals surface area contributed by atoms with Gasteiger partial charge in [0.1, 0.15) is 11.0 Å². The number of benzene rings is 1. The first kappa shape index (κ1) is 20.3. The normalized spacial score (nSPS) is 16.3. The number of ether oxygens (including phenoxy) is 1. The van der Waals surface area contributed by atoms with Crippen molar-refractivity contribution in [2.45, 2.75) is 42.2 Å². The van der Waals surface area contributed by atoms with Crippen LogP contribution in [0.1, 0.15) is 42.9 Å². The highest BCUT2D eigenvalue weighted by Gasteiger charge is 2.31. The van der Waals surface area contributed by atoms with Crippen molar-refractivity contribution in [2.75, 3.05) is 13.7 Å². The summed E-state index contributed by atoms with van der Waals surface area (Å²) in [4.78, 5) is 16.8. The summed E-state index contributed by atoms with van der Waals surface area (Å²) in [5, 5.41) is 1.98. The lowest BCUT2D eigenvalue weighted by Crippen LogP contribution is -2.36. The van der Waals surface area contributed by atoms with Crippen LogP contribution in [0.2, 0.25) is 0 Å². The Hall–Kier alpha value is -2.41. The Morgan fingerprint density at radius 1 is 1.18 bits per heavy atom.